The van der Waals surface area contributed by atoms with Crippen molar-refractivity contribution < 1.29 is 17.6 Å². The Labute approximate surface area is 138 Å². The molecule has 0 saturated carbocycles. The standard InChI is InChI=1S/C15H14ClFN2O3S/c16-12-7-4-8-13(15(12)17)23(21,22)19(10-9-14(18)20)11-5-2-1-3-6-11/h1-8H,9-10H2,(H2,18,20). The smallest absolute Gasteiger partial charge is 0.267 e. The predicted molar refractivity (Wildman–Crippen MR) is 86.2 cm³/mol. The second-order valence-electron chi connectivity index (χ2n) is 4.68. The van der Waals surface area contributed by atoms with Crippen LogP contribution in [0.25, 0.3) is 0 Å². The van der Waals surface area contributed by atoms with E-state index in [9.17, 15) is 17.6 Å². The van der Waals surface area contributed by atoms with E-state index in [0.717, 1.165) is 10.4 Å². The van der Waals surface area contributed by atoms with Crippen LogP contribution in [0.3, 0.4) is 0 Å². The molecule has 0 aromatic heterocycles. The van der Waals surface area contributed by atoms with E-state index in [-0.39, 0.29) is 18.0 Å². The van der Waals surface area contributed by atoms with Gasteiger partial charge in [-0.3, -0.25) is 9.10 Å². The zero-order chi connectivity index (χ0) is 17.0. The Kier molecular flexibility index (Phi) is 5.23. The summed E-state index contributed by atoms with van der Waals surface area (Å²) in [5.41, 5.74) is 5.40. The lowest BCUT2D eigenvalue weighted by Gasteiger charge is -2.24. The number of benzene rings is 2. The highest BCUT2D eigenvalue weighted by molar-refractivity contribution is 7.92. The van der Waals surface area contributed by atoms with Crippen LogP contribution in [-0.4, -0.2) is 20.9 Å². The summed E-state index contributed by atoms with van der Waals surface area (Å²) in [6.45, 7) is -0.201. The van der Waals surface area contributed by atoms with Crippen molar-refractivity contribution in [1.29, 1.82) is 0 Å². The van der Waals surface area contributed by atoms with Gasteiger partial charge in [0, 0.05) is 13.0 Å². The lowest BCUT2D eigenvalue weighted by atomic mass is 10.3. The molecule has 23 heavy (non-hydrogen) atoms. The highest BCUT2D eigenvalue weighted by atomic mass is 35.5. The molecular weight excluding hydrogens is 343 g/mol. The van der Waals surface area contributed by atoms with Gasteiger partial charge in [-0.15, -0.1) is 0 Å². The van der Waals surface area contributed by atoms with Crippen molar-refractivity contribution in [2.75, 3.05) is 10.8 Å². The summed E-state index contributed by atoms with van der Waals surface area (Å²) < 4.78 is 40.7. The third kappa shape index (κ3) is 3.80. The Hall–Kier alpha value is -2.12. The van der Waals surface area contributed by atoms with Crippen LogP contribution in [0.5, 0.6) is 0 Å². The summed E-state index contributed by atoms with van der Waals surface area (Å²) in [7, 11) is -4.24. The van der Waals surface area contributed by atoms with Crippen LogP contribution in [-0.2, 0) is 14.8 Å². The normalized spacial score (nSPS) is 11.2. The molecule has 2 aromatic carbocycles. The number of hydrogen-bond acceptors (Lipinski definition) is 3. The van der Waals surface area contributed by atoms with Crippen LogP contribution in [0.1, 0.15) is 6.42 Å². The first-order chi connectivity index (χ1) is 10.8. The molecule has 0 fully saturated rings. The Morgan fingerprint density at radius 2 is 1.78 bits per heavy atom. The van der Waals surface area contributed by atoms with Gasteiger partial charge in [-0.25, -0.2) is 12.8 Å². The first kappa shape index (κ1) is 17.2. The van der Waals surface area contributed by atoms with Gasteiger partial charge >= 0.3 is 0 Å². The molecule has 122 valence electrons. The maximum absolute atomic E-state index is 14.1. The number of hydrogen-bond donors (Lipinski definition) is 1. The lowest BCUT2D eigenvalue weighted by Crippen LogP contribution is -2.34. The van der Waals surface area contributed by atoms with Crippen molar-refractivity contribution in [3.63, 3.8) is 0 Å². The molecule has 0 spiro atoms. The Bertz CT molecular complexity index is 813. The van der Waals surface area contributed by atoms with E-state index in [0.29, 0.717) is 5.69 Å². The van der Waals surface area contributed by atoms with Crippen molar-refractivity contribution in [3.8, 4) is 0 Å². The van der Waals surface area contributed by atoms with E-state index in [2.05, 4.69) is 0 Å². The fraction of sp³-hybridized carbons (Fsp3) is 0.133. The monoisotopic (exact) mass is 356 g/mol. The second kappa shape index (κ2) is 6.97. The van der Waals surface area contributed by atoms with Gasteiger partial charge in [0.1, 0.15) is 4.90 Å². The Balaban J connectivity index is 2.53. The van der Waals surface area contributed by atoms with Crippen molar-refractivity contribution in [3.05, 3.63) is 59.4 Å². The van der Waals surface area contributed by atoms with Crippen LogP contribution in [0.4, 0.5) is 10.1 Å². The van der Waals surface area contributed by atoms with E-state index in [1.165, 1.54) is 12.1 Å². The second-order valence-corrected chi connectivity index (χ2v) is 6.92. The van der Waals surface area contributed by atoms with Crippen LogP contribution in [0.2, 0.25) is 5.02 Å². The minimum absolute atomic E-state index is 0.198. The number of carbonyl (C=O) groups is 1. The molecule has 0 aliphatic rings. The predicted octanol–water partition coefficient (Wildman–Crippen LogP) is 2.55. The molecule has 0 bridgehead atoms. The van der Waals surface area contributed by atoms with Gasteiger partial charge in [0.25, 0.3) is 10.0 Å². The molecule has 5 nitrogen and oxygen atoms in total. The number of rotatable bonds is 6. The maximum atomic E-state index is 14.1. The topological polar surface area (TPSA) is 80.5 Å². The molecule has 2 rings (SSSR count). The third-order valence-corrected chi connectivity index (χ3v) is 5.23. The quantitative estimate of drug-likeness (QED) is 0.863. The summed E-state index contributed by atoms with van der Waals surface area (Å²) in [5, 5.41) is -0.297. The van der Waals surface area contributed by atoms with Crippen molar-refractivity contribution >= 4 is 33.2 Å². The third-order valence-electron chi connectivity index (χ3n) is 3.09. The zero-order valence-electron chi connectivity index (χ0n) is 11.9. The van der Waals surface area contributed by atoms with Gasteiger partial charge in [0.15, 0.2) is 5.82 Å². The molecule has 0 heterocycles. The number of nitrogens with zero attached hydrogens (tertiary/aromatic N) is 1. The largest absolute Gasteiger partial charge is 0.370 e. The minimum atomic E-state index is -4.24. The van der Waals surface area contributed by atoms with Crippen molar-refractivity contribution in [1.82, 2.24) is 0 Å². The average Bonchev–Trinajstić information content (AvgIpc) is 2.50. The van der Waals surface area contributed by atoms with Crippen molar-refractivity contribution in [2.45, 2.75) is 11.3 Å². The molecule has 0 saturated heterocycles. The number of sulfonamides is 1. The van der Waals surface area contributed by atoms with Crippen LogP contribution in [0, 0.1) is 5.82 Å². The van der Waals surface area contributed by atoms with E-state index < -0.39 is 26.6 Å². The van der Waals surface area contributed by atoms with Crippen molar-refractivity contribution in [2.24, 2.45) is 5.73 Å². The number of carbonyl (C=O) groups excluding carboxylic acids is 1. The van der Waals surface area contributed by atoms with Gasteiger partial charge in [-0.1, -0.05) is 35.9 Å². The molecule has 2 N–H and O–H groups in total. The average molecular weight is 357 g/mol. The van der Waals surface area contributed by atoms with Crippen LogP contribution < -0.4 is 10.0 Å². The Morgan fingerprint density at radius 1 is 1.13 bits per heavy atom. The SMILES string of the molecule is NC(=O)CCN(c1ccccc1)S(=O)(=O)c1cccc(Cl)c1F. The van der Waals surface area contributed by atoms with Gasteiger partial charge in [0.2, 0.25) is 5.91 Å². The van der Waals surface area contributed by atoms with E-state index >= 15 is 0 Å². The van der Waals surface area contributed by atoms with E-state index in [1.54, 1.807) is 30.3 Å². The summed E-state index contributed by atoms with van der Waals surface area (Å²) in [5.74, 6) is -1.69. The first-order valence-corrected chi connectivity index (χ1v) is 8.46. The number of nitrogens with two attached hydrogens (primary N) is 1. The summed E-state index contributed by atoms with van der Waals surface area (Å²) in [6, 6.07) is 11.8. The summed E-state index contributed by atoms with van der Waals surface area (Å²) in [6.07, 6.45) is -0.198. The molecule has 0 atom stereocenters. The molecule has 0 aliphatic carbocycles. The molecular formula is C15H14ClFN2O3S. The molecule has 8 heteroatoms. The van der Waals surface area contributed by atoms with Gasteiger partial charge < -0.3 is 5.73 Å². The molecule has 0 radical (unpaired) electrons. The molecule has 0 unspecified atom stereocenters. The summed E-state index contributed by atoms with van der Waals surface area (Å²) >= 11 is 5.67. The lowest BCUT2D eigenvalue weighted by molar-refractivity contribution is -0.117. The zero-order valence-corrected chi connectivity index (χ0v) is 13.5. The highest BCUT2D eigenvalue weighted by Gasteiger charge is 2.28. The maximum Gasteiger partial charge on any atom is 0.267 e. The fourth-order valence-corrected chi connectivity index (χ4v) is 3.78. The number of amides is 1. The minimum Gasteiger partial charge on any atom is -0.370 e. The highest BCUT2D eigenvalue weighted by Crippen LogP contribution is 2.28. The molecule has 2 aromatic rings. The van der Waals surface area contributed by atoms with Gasteiger partial charge in [-0.2, -0.15) is 0 Å². The fourth-order valence-electron chi connectivity index (χ4n) is 2.00. The van der Waals surface area contributed by atoms with Gasteiger partial charge in [0.05, 0.1) is 10.7 Å². The van der Waals surface area contributed by atoms with Crippen LogP contribution in [0.15, 0.2) is 53.4 Å². The van der Waals surface area contributed by atoms with Gasteiger partial charge in [-0.05, 0) is 24.3 Å². The number of anilines is 1. The summed E-state index contributed by atoms with van der Waals surface area (Å²) in [4.78, 5) is 10.5. The number of primary amides is 1. The van der Waals surface area contributed by atoms with E-state index in [4.69, 9.17) is 17.3 Å². The first-order valence-electron chi connectivity index (χ1n) is 6.64. The number of para-hydroxylation sites is 1. The van der Waals surface area contributed by atoms with Crippen LogP contribution >= 0.6 is 11.6 Å². The number of halogens is 2. The molecule has 1 amide bonds. The molecule has 0 aliphatic heterocycles. The van der Waals surface area contributed by atoms with E-state index in [1.807, 2.05) is 0 Å². The Morgan fingerprint density at radius 3 is 2.39 bits per heavy atom.